The number of fused-ring (bicyclic) bond motifs is 1. The van der Waals surface area contributed by atoms with Gasteiger partial charge in [-0.15, -0.1) is 0 Å². The maximum atomic E-state index is 14.7. The molecule has 2 amide bonds. The summed E-state index contributed by atoms with van der Waals surface area (Å²) in [6.45, 7) is 0.163. The largest absolute Gasteiger partial charge is 0.372 e. The Morgan fingerprint density at radius 1 is 1.13 bits per heavy atom. The second-order valence-corrected chi connectivity index (χ2v) is 10.1. The van der Waals surface area contributed by atoms with E-state index in [4.69, 9.17) is 11.6 Å². The minimum atomic E-state index is -2.94. The van der Waals surface area contributed by atoms with Crippen LogP contribution >= 0.6 is 11.6 Å². The summed E-state index contributed by atoms with van der Waals surface area (Å²) >= 11 is 5.85. The third kappa shape index (κ3) is 4.85. The van der Waals surface area contributed by atoms with Gasteiger partial charge in [0.15, 0.2) is 11.6 Å². The van der Waals surface area contributed by atoms with Crippen LogP contribution in [0.1, 0.15) is 59.3 Å². The summed E-state index contributed by atoms with van der Waals surface area (Å²) in [6.07, 6.45) is 1.72. The zero-order valence-electron chi connectivity index (χ0n) is 20.4. The molecule has 0 spiro atoms. The Balaban J connectivity index is 1.29. The van der Waals surface area contributed by atoms with E-state index < -0.39 is 46.7 Å². The van der Waals surface area contributed by atoms with Crippen molar-refractivity contribution < 1.29 is 32.3 Å². The Morgan fingerprint density at radius 3 is 2.56 bits per heavy atom. The fraction of sp³-hybridized carbons (Fsp3) is 0.333. The van der Waals surface area contributed by atoms with Gasteiger partial charge in [-0.2, -0.15) is 0 Å². The van der Waals surface area contributed by atoms with Crippen molar-refractivity contribution in [2.75, 3.05) is 11.4 Å². The van der Waals surface area contributed by atoms with Crippen LogP contribution in [0, 0.1) is 17.6 Å². The lowest BCUT2D eigenvalue weighted by Gasteiger charge is -2.32. The van der Waals surface area contributed by atoms with E-state index in [0.29, 0.717) is 25.7 Å². The van der Waals surface area contributed by atoms with Gasteiger partial charge >= 0.3 is 0 Å². The molecule has 0 radical (unpaired) electrons. The predicted octanol–water partition coefficient (Wildman–Crippen LogP) is 4.92. The Labute approximate surface area is 225 Å². The highest BCUT2D eigenvalue weighted by molar-refractivity contribution is 6.30. The molecule has 2 aliphatic rings. The first-order chi connectivity index (χ1) is 18.6. The third-order valence-electron chi connectivity index (χ3n) is 7.29. The molecule has 1 aromatic carbocycles. The Morgan fingerprint density at radius 2 is 1.85 bits per heavy atom. The van der Waals surface area contributed by atoms with Gasteiger partial charge in [-0.05, 0) is 55.9 Å². The van der Waals surface area contributed by atoms with Crippen molar-refractivity contribution >= 4 is 29.2 Å². The van der Waals surface area contributed by atoms with Crippen LogP contribution in [-0.4, -0.2) is 39.5 Å². The van der Waals surface area contributed by atoms with E-state index in [9.17, 15) is 32.3 Å². The van der Waals surface area contributed by atoms with Crippen LogP contribution in [0.5, 0.6) is 0 Å². The molecule has 1 atom stereocenters. The van der Waals surface area contributed by atoms with Gasteiger partial charge in [0.2, 0.25) is 5.60 Å². The van der Waals surface area contributed by atoms with Crippen LogP contribution in [-0.2, 0) is 10.4 Å². The molecule has 1 fully saturated rings. The molecule has 39 heavy (non-hydrogen) atoms. The first-order valence-corrected chi connectivity index (χ1v) is 12.7. The number of aliphatic hydroxyl groups is 1. The smallest absolute Gasteiger partial charge is 0.281 e. The lowest BCUT2D eigenvalue weighted by atomic mass is 9.85. The highest BCUT2D eigenvalue weighted by Crippen LogP contribution is 2.45. The maximum Gasteiger partial charge on any atom is 0.281 e. The Bertz CT molecular complexity index is 1430. The molecule has 204 valence electrons. The summed E-state index contributed by atoms with van der Waals surface area (Å²) in [4.78, 5) is 35.3. The van der Waals surface area contributed by atoms with Crippen LogP contribution in [0.15, 0.2) is 48.8 Å². The molecule has 1 saturated carbocycles. The van der Waals surface area contributed by atoms with Crippen LogP contribution in [0.4, 0.5) is 23.4 Å². The van der Waals surface area contributed by atoms with Crippen molar-refractivity contribution in [1.29, 1.82) is 0 Å². The Kier molecular flexibility index (Phi) is 7.30. The normalized spacial score (nSPS) is 22.7. The lowest BCUT2D eigenvalue weighted by Crippen LogP contribution is -2.45. The average Bonchev–Trinajstić information content (AvgIpc) is 3.13. The van der Waals surface area contributed by atoms with E-state index in [1.807, 2.05) is 0 Å². The van der Waals surface area contributed by atoms with E-state index in [1.54, 1.807) is 0 Å². The average molecular weight is 563 g/mol. The highest BCUT2D eigenvalue weighted by Gasteiger charge is 2.53. The molecular formula is C27H23ClF4N4O3. The number of halogens is 5. The van der Waals surface area contributed by atoms with Crippen molar-refractivity contribution in [3.05, 3.63) is 87.8 Å². The summed E-state index contributed by atoms with van der Waals surface area (Å²) in [7, 11) is 0. The maximum absolute atomic E-state index is 14.7. The van der Waals surface area contributed by atoms with Crippen molar-refractivity contribution in [2.45, 2.75) is 43.8 Å². The molecule has 1 unspecified atom stereocenters. The number of anilines is 1. The zero-order valence-corrected chi connectivity index (χ0v) is 21.1. The number of nitrogens with one attached hydrogen (secondary N) is 1. The van der Waals surface area contributed by atoms with E-state index >= 15 is 0 Å². The fourth-order valence-electron chi connectivity index (χ4n) is 5.33. The minimum Gasteiger partial charge on any atom is -0.372 e. The van der Waals surface area contributed by atoms with Gasteiger partial charge in [0, 0.05) is 36.1 Å². The van der Waals surface area contributed by atoms with E-state index in [2.05, 4.69) is 15.3 Å². The second-order valence-electron chi connectivity index (χ2n) is 9.68. The molecule has 3 heterocycles. The quantitative estimate of drug-likeness (QED) is 0.416. The summed E-state index contributed by atoms with van der Waals surface area (Å²) in [6, 6.07) is 7.10. The molecule has 12 heteroatoms. The zero-order chi connectivity index (χ0) is 27.9. The first kappa shape index (κ1) is 27.0. The van der Waals surface area contributed by atoms with Crippen molar-refractivity contribution in [3.8, 4) is 0 Å². The van der Waals surface area contributed by atoms with E-state index in [1.165, 1.54) is 35.4 Å². The highest BCUT2D eigenvalue weighted by atomic mass is 35.5. The van der Waals surface area contributed by atoms with Crippen molar-refractivity contribution in [1.82, 2.24) is 15.3 Å². The number of hydrogen-bond acceptors (Lipinski definition) is 5. The number of benzene rings is 1. The van der Waals surface area contributed by atoms with Crippen LogP contribution in [0.3, 0.4) is 0 Å². The molecule has 0 bridgehead atoms. The Hall–Kier alpha value is -3.57. The molecule has 7 nitrogen and oxygen atoms in total. The monoisotopic (exact) mass is 562 g/mol. The van der Waals surface area contributed by atoms with Crippen LogP contribution in [0.2, 0.25) is 5.02 Å². The predicted molar refractivity (Wildman–Crippen MR) is 133 cm³/mol. The molecule has 1 aliphatic carbocycles. The first-order valence-electron chi connectivity index (χ1n) is 12.3. The van der Waals surface area contributed by atoms with Crippen LogP contribution in [0.25, 0.3) is 0 Å². The lowest BCUT2D eigenvalue weighted by molar-refractivity contribution is -0.132. The number of amides is 2. The SMILES string of the molecule is O=C(NC1CCC(CN2C(=O)C(O)(c3cccc(F)c3F)c3cccnc32)CC1)c1cc(Cl)cnc1C(F)F. The van der Waals surface area contributed by atoms with Crippen LogP contribution < -0.4 is 10.2 Å². The van der Waals surface area contributed by atoms with Crippen molar-refractivity contribution in [2.24, 2.45) is 5.92 Å². The molecule has 2 aromatic heterocycles. The van der Waals surface area contributed by atoms with Gasteiger partial charge in [0.1, 0.15) is 11.5 Å². The molecular weight excluding hydrogens is 540 g/mol. The summed E-state index contributed by atoms with van der Waals surface area (Å²) < 4.78 is 55.3. The second kappa shape index (κ2) is 10.5. The van der Waals surface area contributed by atoms with E-state index in [-0.39, 0.29) is 40.5 Å². The van der Waals surface area contributed by atoms with Gasteiger partial charge < -0.3 is 10.4 Å². The molecule has 1 aliphatic heterocycles. The minimum absolute atomic E-state index is 0.0545. The molecule has 5 rings (SSSR count). The summed E-state index contributed by atoms with van der Waals surface area (Å²) in [5.74, 6) is -3.92. The fourth-order valence-corrected chi connectivity index (χ4v) is 5.49. The molecule has 3 aromatic rings. The van der Waals surface area contributed by atoms with Gasteiger partial charge in [0.25, 0.3) is 18.2 Å². The summed E-state index contributed by atoms with van der Waals surface area (Å²) in [5, 5.41) is 14.3. The number of carbonyl (C=O) groups is 2. The van der Waals surface area contributed by atoms with Crippen molar-refractivity contribution in [3.63, 3.8) is 0 Å². The van der Waals surface area contributed by atoms with E-state index in [0.717, 1.165) is 18.3 Å². The number of aromatic nitrogens is 2. The number of rotatable bonds is 6. The van der Waals surface area contributed by atoms with Gasteiger partial charge in [-0.25, -0.2) is 22.5 Å². The number of carbonyl (C=O) groups excluding carboxylic acids is 2. The number of pyridine rings is 2. The van der Waals surface area contributed by atoms with Gasteiger partial charge in [-0.3, -0.25) is 19.5 Å². The third-order valence-corrected chi connectivity index (χ3v) is 7.49. The number of nitrogens with zero attached hydrogens (tertiary/aromatic N) is 3. The molecule has 2 N–H and O–H groups in total. The topological polar surface area (TPSA) is 95.4 Å². The number of alkyl halides is 2. The molecule has 0 saturated heterocycles. The van der Waals surface area contributed by atoms with Gasteiger partial charge in [-0.1, -0.05) is 23.7 Å². The summed E-state index contributed by atoms with van der Waals surface area (Å²) in [5.41, 5.74) is -3.80. The van der Waals surface area contributed by atoms with Gasteiger partial charge in [0.05, 0.1) is 10.6 Å². The standard InChI is InChI=1S/C27H23ClF4N4O3/c28-15-11-17(22(23(31)32)34-12-15)25(37)35-16-8-6-14(7-9-16)13-36-24-19(4-2-10-33-24)27(39,26(36)38)18-3-1-5-20(29)21(18)30/h1-5,10-12,14,16,23,39H,6-9,13H2,(H,35,37). The number of hydrogen-bond donors (Lipinski definition) is 2.